The molecule has 0 saturated carbocycles. The Kier molecular flexibility index (Phi) is 3.14. The number of hydrogen-bond donors (Lipinski definition) is 4. The van der Waals surface area contributed by atoms with Gasteiger partial charge in [-0.05, 0) is 52.2 Å². The van der Waals surface area contributed by atoms with Crippen LogP contribution in [-0.4, -0.2) is 85.7 Å². The minimum absolute atomic E-state index is 0.0356. The Morgan fingerprint density at radius 1 is 0.733 bits per heavy atom. The molecule has 0 spiro atoms. The van der Waals surface area contributed by atoms with E-state index < -0.39 is 75.2 Å². The van der Waals surface area contributed by atoms with Gasteiger partial charge in [-0.2, -0.15) is 0 Å². The molecule has 8 heteroatoms. The number of fused-ring (bicyclic) bond motifs is 2. The molecule has 2 aromatic carbocycles. The third-order valence-electron chi connectivity index (χ3n) is 4.58. The van der Waals surface area contributed by atoms with Gasteiger partial charge >= 0.3 is 0 Å². The van der Waals surface area contributed by atoms with Crippen LogP contribution in [0.4, 0.5) is 11.4 Å². The van der Waals surface area contributed by atoms with Crippen LogP contribution in [-0.2, 0) is 0 Å². The summed E-state index contributed by atoms with van der Waals surface area (Å²) in [5.74, 6) is -2.96. The normalized spacial score (nSPS) is 20.5. The van der Waals surface area contributed by atoms with E-state index in [0.717, 1.165) is 12.1 Å². The van der Waals surface area contributed by atoms with Gasteiger partial charge in [0.15, 0.2) is 0 Å². The number of benzene rings is 2. The van der Waals surface area contributed by atoms with E-state index in [1.54, 1.807) is 0 Å². The summed E-state index contributed by atoms with van der Waals surface area (Å²) in [6.45, 7) is -13.4. The molecule has 0 heterocycles. The maximum absolute atomic E-state index is 13.6. The molecule has 0 unspecified atom stereocenters. The van der Waals surface area contributed by atoms with Crippen LogP contribution in [0, 0.1) is 0 Å². The molecule has 0 aliphatic heterocycles. The highest BCUT2D eigenvalue weighted by atomic mass is 16.3. The minimum Gasteiger partial charge on any atom is -0.507 e. The van der Waals surface area contributed by atoms with Gasteiger partial charge in [0.25, 0.3) is 0 Å². The standard InChI is InChI=1S/C22H28N4O4/c1-25(2)11-9-23-13-5-7-15(27)19-17(13)21(29)20-16(28)8-6-14(18(20)22(19)30)24-10-12-26(3)4/h5-8,23-24,27-28H,9-12H2,1-4H3/i1D3,2D3,3D3,4D3. The highest BCUT2D eigenvalue weighted by Gasteiger charge is 2.37. The first-order chi connectivity index (χ1) is 19.1. The van der Waals surface area contributed by atoms with Crippen molar-refractivity contribution in [3.63, 3.8) is 0 Å². The third kappa shape index (κ3) is 4.10. The molecule has 8 nitrogen and oxygen atoms in total. The monoisotopic (exact) mass is 424 g/mol. The van der Waals surface area contributed by atoms with Crippen LogP contribution in [0.15, 0.2) is 24.3 Å². The van der Waals surface area contributed by atoms with Crippen molar-refractivity contribution in [2.24, 2.45) is 0 Å². The first-order valence-corrected chi connectivity index (χ1v) is 8.91. The highest BCUT2D eigenvalue weighted by molar-refractivity contribution is 6.33. The molecule has 0 bridgehead atoms. The van der Waals surface area contributed by atoms with Crippen molar-refractivity contribution < 1.29 is 36.3 Å². The molecule has 0 atom stereocenters. The highest BCUT2D eigenvalue weighted by Crippen LogP contribution is 2.42. The van der Waals surface area contributed by atoms with Gasteiger partial charge in [0.2, 0.25) is 11.6 Å². The number of nitrogens with zero attached hydrogens (tertiary/aromatic N) is 2. The molecule has 160 valence electrons. The van der Waals surface area contributed by atoms with E-state index in [1.165, 1.54) is 12.1 Å². The van der Waals surface area contributed by atoms with Crippen LogP contribution in [0.5, 0.6) is 11.5 Å². The second-order valence-electron chi connectivity index (χ2n) is 6.58. The van der Waals surface area contributed by atoms with E-state index in [9.17, 15) is 19.8 Å². The van der Waals surface area contributed by atoms with Crippen molar-refractivity contribution in [1.29, 1.82) is 0 Å². The number of carbonyl (C=O) groups is 2. The summed E-state index contributed by atoms with van der Waals surface area (Å²) < 4.78 is 89.6. The smallest absolute Gasteiger partial charge is 0.200 e. The van der Waals surface area contributed by atoms with Crippen LogP contribution in [0.1, 0.15) is 48.3 Å². The fourth-order valence-electron chi connectivity index (χ4n) is 3.26. The maximum Gasteiger partial charge on any atom is 0.200 e. The predicted molar refractivity (Wildman–Crippen MR) is 117 cm³/mol. The Morgan fingerprint density at radius 3 is 1.50 bits per heavy atom. The van der Waals surface area contributed by atoms with Crippen LogP contribution >= 0.6 is 0 Å². The van der Waals surface area contributed by atoms with Gasteiger partial charge in [-0.25, -0.2) is 0 Å². The number of ketones is 2. The van der Waals surface area contributed by atoms with Gasteiger partial charge in [0.05, 0.1) is 22.3 Å². The van der Waals surface area contributed by atoms with E-state index >= 15 is 0 Å². The fourth-order valence-corrected chi connectivity index (χ4v) is 3.26. The van der Waals surface area contributed by atoms with E-state index in [-0.39, 0.29) is 35.6 Å². The first kappa shape index (κ1) is 10.8. The van der Waals surface area contributed by atoms with E-state index in [4.69, 9.17) is 16.4 Å². The van der Waals surface area contributed by atoms with Crippen LogP contribution in [0.25, 0.3) is 0 Å². The lowest BCUT2D eigenvalue weighted by molar-refractivity contribution is 0.0975. The zero-order valence-electron chi connectivity index (χ0n) is 27.7. The molecule has 1 aliphatic rings. The molecular formula is C22H28N4O4. The molecular weight excluding hydrogens is 384 g/mol. The zero-order chi connectivity index (χ0) is 32.0. The summed E-state index contributed by atoms with van der Waals surface area (Å²) in [7, 11) is 0. The number of phenolic OH excluding ortho intramolecular Hbond substituents is 2. The number of hydrogen-bond acceptors (Lipinski definition) is 8. The predicted octanol–water partition coefficient (Wildman–Crippen LogP) is 1.82. The Balaban J connectivity index is 1.94. The van der Waals surface area contributed by atoms with Crippen molar-refractivity contribution in [2.75, 3.05) is 64.7 Å². The first-order valence-electron chi connectivity index (χ1n) is 14.9. The molecule has 1 aliphatic carbocycles. The minimum atomic E-state index is -2.95. The molecule has 0 fully saturated rings. The SMILES string of the molecule is [2H]C([2H])([2H])N(CCNc1ccc(O)c2c1C(=O)c1c(O)ccc(NCCN(C([2H])([2H])[2H])C([2H])([2H])[2H])c1C2=O)C([2H])([2H])[2H]. The molecule has 0 amide bonds. The van der Waals surface area contributed by atoms with Gasteiger partial charge in [-0.1, -0.05) is 0 Å². The van der Waals surface area contributed by atoms with Crippen LogP contribution < -0.4 is 10.6 Å². The average Bonchev–Trinajstić information content (AvgIpc) is 2.80. The third-order valence-corrected chi connectivity index (χ3v) is 4.58. The molecule has 0 saturated heterocycles. The summed E-state index contributed by atoms with van der Waals surface area (Å²) in [5.41, 5.74) is -1.64. The van der Waals surface area contributed by atoms with Gasteiger partial charge < -0.3 is 30.6 Å². The van der Waals surface area contributed by atoms with Crippen molar-refractivity contribution >= 4 is 22.9 Å². The number of nitrogens with one attached hydrogen (secondary N) is 2. The van der Waals surface area contributed by atoms with E-state index in [1.807, 2.05) is 0 Å². The van der Waals surface area contributed by atoms with Crippen molar-refractivity contribution in [3.05, 3.63) is 46.5 Å². The van der Waals surface area contributed by atoms with Gasteiger partial charge in [-0.3, -0.25) is 9.59 Å². The fraction of sp³-hybridized carbons (Fsp3) is 0.364. The number of likely N-dealkylation sites (N-methyl/N-ethyl adjacent to an activating group) is 2. The molecule has 0 radical (unpaired) electrons. The Labute approximate surface area is 193 Å². The summed E-state index contributed by atoms with van der Waals surface area (Å²) in [6, 6.07) is 4.67. The Bertz CT molecular complexity index is 1240. The van der Waals surface area contributed by atoms with Gasteiger partial charge in [0.1, 0.15) is 11.5 Å². The second-order valence-corrected chi connectivity index (χ2v) is 6.58. The largest absolute Gasteiger partial charge is 0.507 e. The lowest BCUT2D eigenvalue weighted by Gasteiger charge is -2.25. The number of carbonyl (C=O) groups excluding carboxylic acids is 2. The van der Waals surface area contributed by atoms with Crippen molar-refractivity contribution in [3.8, 4) is 11.5 Å². The van der Waals surface area contributed by atoms with Crippen LogP contribution in [0.2, 0.25) is 0 Å². The quantitative estimate of drug-likeness (QED) is 0.406. The lowest BCUT2D eigenvalue weighted by atomic mass is 9.81. The Hall–Kier alpha value is -3.10. The number of rotatable bonds is 8. The lowest BCUT2D eigenvalue weighted by Crippen LogP contribution is -2.27. The molecule has 3 rings (SSSR count). The summed E-state index contributed by atoms with van der Waals surface area (Å²) >= 11 is 0. The molecule has 4 N–H and O–H groups in total. The van der Waals surface area contributed by atoms with E-state index in [2.05, 4.69) is 10.6 Å². The maximum atomic E-state index is 13.6. The van der Waals surface area contributed by atoms with Gasteiger partial charge in [-0.15, -0.1) is 0 Å². The van der Waals surface area contributed by atoms with Crippen LogP contribution in [0.3, 0.4) is 0 Å². The molecule has 2 aromatic rings. The number of aromatic hydroxyl groups is 2. The summed E-state index contributed by atoms with van der Waals surface area (Å²) in [5, 5.41) is 26.5. The van der Waals surface area contributed by atoms with Crippen molar-refractivity contribution in [1.82, 2.24) is 9.80 Å². The second kappa shape index (κ2) is 8.73. The number of phenols is 2. The Morgan fingerprint density at radius 2 is 1.13 bits per heavy atom. The topological polar surface area (TPSA) is 105 Å². The summed E-state index contributed by atoms with van der Waals surface area (Å²) in [4.78, 5) is 27.8. The molecule has 0 aromatic heterocycles. The van der Waals surface area contributed by atoms with Crippen molar-refractivity contribution in [2.45, 2.75) is 0 Å². The van der Waals surface area contributed by atoms with E-state index in [0.29, 0.717) is 9.80 Å². The average molecular weight is 425 g/mol. The number of anilines is 2. The summed E-state index contributed by atoms with van der Waals surface area (Å²) in [6.07, 6.45) is 0. The zero-order valence-corrected chi connectivity index (χ0v) is 15.7. The van der Waals surface area contributed by atoms with Gasteiger partial charge in [0, 0.05) is 54.0 Å². The molecule has 30 heavy (non-hydrogen) atoms.